The Balaban J connectivity index is 1.93. The van der Waals surface area contributed by atoms with Gasteiger partial charge in [-0.05, 0) is 55.4 Å². The van der Waals surface area contributed by atoms with Gasteiger partial charge in [-0.15, -0.1) is 0 Å². The molecule has 1 atom stereocenters. The molecule has 0 aliphatic heterocycles. The lowest BCUT2D eigenvalue weighted by Gasteiger charge is -2.18. The van der Waals surface area contributed by atoms with Crippen LogP contribution in [0, 0.1) is 0 Å². The summed E-state index contributed by atoms with van der Waals surface area (Å²) in [7, 11) is -3.63. The van der Waals surface area contributed by atoms with Crippen molar-refractivity contribution in [1.82, 2.24) is 4.72 Å². The molecule has 4 N–H and O–H groups in total. The van der Waals surface area contributed by atoms with Crippen LogP contribution in [0.4, 0.5) is 0 Å². The molecule has 0 spiro atoms. The summed E-state index contributed by atoms with van der Waals surface area (Å²) in [6, 6.07) is 15.4. The van der Waals surface area contributed by atoms with Gasteiger partial charge in [-0.3, -0.25) is 4.79 Å². The number of hydrogen-bond donors (Lipinski definition) is 3. The van der Waals surface area contributed by atoms with Gasteiger partial charge in [-0.2, -0.15) is 0 Å². The number of rotatable bonds is 17. The molecular formula is C26H37N3O6S. The van der Waals surface area contributed by atoms with Crippen LogP contribution in [0.5, 0.6) is 5.75 Å². The van der Waals surface area contributed by atoms with E-state index in [1.807, 2.05) is 49.4 Å². The van der Waals surface area contributed by atoms with Crippen molar-refractivity contribution in [3.63, 3.8) is 0 Å². The van der Waals surface area contributed by atoms with Gasteiger partial charge < -0.3 is 20.4 Å². The van der Waals surface area contributed by atoms with Gasteiger partial charge in [0.2, 0.25) is 10.0 Å². The highest BCUT2D eigenvalue weighted by Gasteiger charge is 2.26. The van der Waals surface area contributed by atoms with Crippen molar-refractivity contribution in [2.45, 2.75) is 64.5 Å². The van der Waals surface area contributed by atoms with Crippen molar-refractivity contribution >= 4 is 21.8 Å². The van der Waals surface area contributed by atoms with E-state index in [4.69, 9.17) is 20.4 Å². The summed E-state index contributed by atoms with van der Waals surface area (Å²) in [6.07, 6.45) is 4.48. The Morgan fingerprint density at radius 1 is 1.03 bits per heavy atom. The Morgan fingerprint density at radius 3 is 2.42 bits per heavy atom. The molecule has 9 nitrogen and oxygen atoms in total. The highest BCUT2D eigenvalue weighted by Crippen LogP contribution is 2.16. The minimum absolute atomic E-state index is 0.0435. The van der Waals surface area contributed by atoms with Crippen LogP contribution in [-0.2, 0) is 32.6 Å². The maximum Gasteiger partial charge on any atom is 0.324 e. The molecule has 2 rings (SSSR count). The topological polar surface area (TPSA) is 140 Å². The molecule has 0 unspecified atom stereocenters. The summed E-state index contributed by atoms with van der Waals surface area (Å²) in [5.74, 6) is 0.243. The first kappa shape index (κ1) is 29.1. The van der Waals surface area contributed by atoms with Crippen molar-refractivity contribution < 1.29 is 27.9 Å². The molecule has 198 valence electrons. The Labute approximate surface area is 213 Å². The molecule has 0 saturated heterocycles. The average Bonchev–Trinajstić information content (AvgIpc) is 2.88. The van der Waals surface area contributed by atoms with Crippen LogP contribution in [-0.4, -0.2) is 43.8 Å². The maximum atomic E-state index is 12.8. The first-order valence-corrected chi connectivity index (χ1v) is 13.9. The Bertz CT molecular complexity index is 1040. The van der Waals surface area contributed by atoms with E-state index < -0.39 is 22.0 Å². The third-order valence-corrected chi connectivity index (χ3v) is 6.90. The largest absolute Gasteiger partial charge is 0.494 e. The fourth-order valence-corrected chi connectivity index (χ4v) is 4.79. The number of ether oxygens (including phenoxy) is 2. The maximum absolute atomic E-state index is 12.8. The SMILES string of the molecule is CCCCS(=O)(=O)N[C@@H](Cc1ccc(OCCCCCC(N)=NO)cc1)C(=O)OCc1ccccc1. The number of benzene rings is 2. The monoisotopic (exact) mass is 519 g/mol. The summed E-state index contributed by atoms with van der Waals surface area (Å²) in [5.41, 5.74) is 7.05. The third kappa shape index (κ3) is 11.5. The van der Waals surface area contributed by atoms with Crippen LogP contribution < -0.4 is 15.2 Å². The van der Waals surface area contributed by atoms with Crippen molar-refractivity contribution in [2.24, 2.45) is 10.9 Å². The number of nitrogens with zero attached hydrogens (tertiary/aromatic N) is 1. The van der Waals surface area contributed by atoms with Crippen molar-refractivity contribution in [2.75, 3.05) is 12.4 Å². The molecule has 0 saturated carbocycles. The van der Waals surface area contributed by atoms with Crippen LogP contribution in [0.1, 0.15) is 56.6 Å². The molecule has 0 aliphatic rings. The zero-order chi connectivity index (χ0) is 26.2. The van der Waals surface area contributed by atoms with Crippen LogP contribution >= 0.6 is 0 Å². The summed E-state index contributed by atoms with van der Waals surface area (Å²) < 4.78 is 38.7. The fourth-order valence-electron chi connectivity index (χ4n) is 3.39. The molecule has 0 heterocycles. The van der Waals surface area contributed by atoms with Gasteiger partial charge in [0.15, 0.2) is 0 Å². The van der Waals surface area contributed by atoms with E-state index in [2.05, 4.69) is 9.88 Å². The number of unbranched alkanes of at least 4 members (excludes halogenated alkanes) is 3. The number of carbonyl (C=O) groups is 1. The predicted octanol–water partition coefficient (Wildman–Crippen LogP) is 3.75. The smallest absolute Gasteiger partial charge is 0.324 e. The second kappa shape index (κ2) is 15.8. The number of carbonyl (C=O) groups excluding carboxylic acids is 1. The molecule has 0 fully saturated rings. The number of hydrogen-bond acceptors (Lipinski definition) is 7. The molecule has 0 radical (unpaired) electrons. The van der Waals surface area contributed by atoms with Gasteiger partial charge in [-0.25, -0.2) is 13.1 Å². The second-order valence-electron chi connectivity index (χ2n) is 8.53. The van der Waals surface area contributed by atoms with E-state index in [1.165, 1.54) is 0 Å². The van der Waals surface area contributed by atoms with Gasteiger partial charge in [0.05, 0.1) is 12.4 Å². The van der Waals surface area contributed by atoms with Gasteiger partial charge >= 0.3 is 5.97 Å². The highest BCUT2D eigenvalue weighted by atomic mass is 32.2. The first-order chi connectivity index (χ1) is 17.3. The van der Waals surface area contributed by atoms with Crippen LogP contribution in [0.25, 0.3) is 0 Å². The minimum atomic E-state index is -3.63. The number of sulfonamides is 1. The molecule has 2 aromatic rings. The molecular weight excluding hydrogens is 482 g/mol. The summed E-state index contributed by atoms with van der Waals surface area (Å²) >= 11 is 0. The van der Waals surface area contributed by atoms with Gasteiger partial charge in [0, 0.05) is 6.42 Å². The molecule has 10 heteroatoms. The Hall–Kier alpha value is -3.11. The summed E-state index contributed by atoms with van der Waals surface area (Å²) in [4.78, 5) is 12.8. The van der Waals surface area contributed by atoms with E-state index in [1.54, 1.807) is 12.1 Å². The fraction of sp³-hybridized carbons (Fsp3) is 0.462. The average molecular weight is 520 g/mol. The van der Waals surface area contributed by atoms with E-state index in [-0.39, 0.29) is 24.6 Å². The van der Waals surface area contributed by atoms with Gasteiger partial charge in [0.25, 0.3) is 0 Å². The highest BCUT2D eigenvalue weighted by molar-refractivity contribution is 7.89. The molecule has 0 aliphatic carbocycles. The Kier molecular flexibility index (Phi) is 12.8. The van der Waals surface area contributed by atoms with E-state index in [9.17, 15) is 13.2 Å². The van der Waals surface area contributed by atoms with Crippen molar-refractivity contribution in [3.8, 4) is 5.75 Å². The van der Waals surface area contributed by atoms with Crippen LogP contribution in [0.15, 0.2) is 59.8 Å². The standard InChI is InChI=1S/C26H37N3O6S/c1-2-3-18-36(32,33)29-24(26(30)35-20-22-10-6-4-7-11-22)19-21-13-15-23(16-14-21)34-17-9-5-8-12-25(27)28-31/h4,6-7,10-11,13-16,24,29,31H,2-3,5,8-9,12,17-20H2,1H3,(H2,27,28)/t24-/m0/s1. The van der Waals surface area contributed by atoms with Crippen LogP contribution in [0.2, 0.25) is 0 Å². The molecule has 2 aromatic carbocycles. The second-order valence-corrected chi connectivity index (χ2v) is 10.4. The van der Waals surface area contributed by atoms with Gasteiger partial charge in [0.1, 0.15) is 24.2 Å². The number of esters is 1. The summed E-state index contributed by atoms with van der Waals surface area (Å²) in [6.45, 7) is 2.51. The number of nitrogens with two attached hydrogens (primary N) is 1. The predicted molar refractivity (Wildman–Crippen MR) is 139 cm³/mol. The summed E-state index contributed by atoms with van der Waals surface area (Å²) in [5, 5.41) is 11.5. The lowest BCUT2D eigenvalue weighted by Crippen LogP contribution is -2.44. The molecule has 36 heavy (non-hydrogen) atoms. The number of amidine groups is 1. The van der Waals surface area contributed by atoms with E-state index in [0.29, 0.717) is 25.2 Å². The third-order valence-electron chi connectivity index (χ3n) is 5.43. The Morgan fingerprint density at radius 2 is 1.75 bits per heavy atom. The zero-order valence-electron chi connectivity index (χ0n) is 20.8. The number of nitrogens with one attached hydrogen (secondary N) is 1. The lowest BCUT2D eigenvalue weighted by atomic mass is 10.1. The van der Waals surface area contributed by atoms with Crippen molar-refractivity contribution in [1.29, 1.82) is 0 Å². The van der Waals surface area contributed by atoms with Crippen molar-refractivity contribution in [3.05, 3.63) is 65.7 Å². The minimum Gasteiger partial charge on any atom is -0.494 e. The van der Waals surface area contributed by atoms with E-state index >= 15 is 0 Å². The van der Waals surface area contributed by atoms with Crippen LogP contribution in [0.3, 0.4) is 0 Å². The normalized spacial score (nSPS) is 12.8. The quantitative estimate of drug-likeness (QED) is 0.0722. The first-order valence-electron chi connectivity index (χ1n) is 12.2. The number of oxime groups is 1. The lowest BCUT2D eigenvalue weighted by molar-refractivity contribution is -0.147. The molecule has 0 aromatic heterocycles. The zero-order valence-corrected chi connectivity index (χ0v) is 21.6. The van der Waals surface area contributed by atoms with Gasteiger partial charge in [-0.1, -0.05) is 61.0 Å². The molecule has 0 amide bonds. The van der Waals surface area contributed by atoms with E-state index in [0.717, 1.165) is 36.8 Å². The molecule has 0 bridgehead atoms.